The molecule has 0 bridgehead atoms. The predicted molar refractivity (Wildman–Crippen MR) is 82.3 cm³/mol. The van der Waals surface area contributed by atoms with Crippen LogP contribution < -0.4 is 16.0 Å². The topological polar surface area (TPSA) is 53.2 Å². The molecule has 0 aliphatic carbocycles. The first-order valence-electron chi connectivity index (χ1n) is 6.92. The molecule has 4 nitrogen and oxygen atoms in total. The first kappa shape index (κ1) is 13.4. The number of urea groups is 1. The highest BCUT2D eigenvalue weighted by Gasteiger charge is 2.14. The second-order valence-electron chi connectivity index (χ2n) is 4.96. The molecule has 3 rings (SSSR count). The minimum Gasteiger partial charge on any atom is -0.383 e. The van der Waals surface area contributed by atoms with Crippen molar-refractivity contribution in [3.05, 3.63) is 53.8 Å². The van der Waals surface area contributed by atoms with Gasteiger partial charge in [-0.3, -0.25) is 0 Å². The van der Waals surface area contributed by atoms with Crippen LogP contribution in [0.25, 0.3) is 0 Å². The van der Waals surface area contributed by atoms with E-state index < -0.39 is 0 Å². The van der Waals surface area contributed by atoms with Crippen LogP contribution in [0, 0.1) is 5.82 Å². The summed E-state index contributed by atoms with van der Waals surface area (Å²) in [4.78, 5) is 12.0. The molecule has 1 heterocycles. The molecular formula is C16H16FN3O. The van der Waals surface area contributed by atoms with Gasteiger partial charge in [-0.25, -0.2) is 9.18 Å². The number of anilines is 3. The maximum absolute atomic E-state index is 13.1. The fourth-order valence-electron chi connectivity index (χ4n) is 2.46. The molecule has 1 aliphatic rings. The molecular weight excluding hydrogens is 269 g/mol. The molecule has 0 saturated carbocycles. The van der Waals surface area contributed by atoms with E-state index in [4.69, 9.17) is 0 Å². The lowest BCUT2D eigenvalue weighted by Gasteiger charge is -2.21. The molecule has 0 saturated heterocycles. The number of hydrogen-bond donors (Lipinski definition) is 3. The Morgan fingerprint density at radius 3 is 2.86 bits per heavy atom. The van der Waals surface area contributed by atoms with Gasteiger partial charge in [0.05, 0.1) is 11.4 Å². The number of halogens is 1. The van der Waals surface area contributed by atoms with Crippen LogP contribution >= 0.6 is 0 Å². The van der Waals surface area contributed by atoms with Gasteiger partial charge in [-0.2, -0.15) is 0 Å². The van der Waals surface area contributed by atoms with Gasteiger partial charge in [-0.05, 0) is 42.7 Å². The van der Waals surface area contributed by atoms with Crippen molar-refractivity contribution >= 4 is 23.1 Å². The number of amides is 2. The molecule has 108 valence electrons. The van der Waals surface area contributed by atoms with Gasteiger partial charge in [0.25, 0.3) is 0 Å². The Hall–Kier alpha value is -2.56. The van der Waals surface area contributed by atoms with Crippen LogP contribution in [0.3, 0.4) is 0 Å². The molecule has 0 radical (unpaired) electrons. The number of fused-ring (bicyclic) bond motifs is 1. The third kappa shape index (κ3) is 3.13. The SMILES string of the molecule is O=C(Nc1cccc(F)c1)Nc1cccc2c1NCCC2. The molecule has 1 aliphatic heterocycles. The van der Waals surface area contributed by atoms with Gasteiger partial charge in [0.1, 0.15) is 5.82 Å². The maximum Gasteiger partial charge on any atom is 0.323 e. The van der Waals surface area contributed by atoms with Crippen molar-refractivity contribution in [3.8, 4) is 0 Å². The third-order valence-electron chi connectivity index (χ3n) is 3.41. The van der Waals surface area contributed by atoms with E-state index in [1.165, 1.54) is 17.7 Å². The summed E-state index contributed by atoms with van der Waals surface area (Å²) in [7, 11) is 0. The number of para-hydroxylation sites is 1. The van der Waals surface area contributed by atoms with Crippen molar-refractivity contribution in [1.82, 2.24) is 0 Å². The van der Waals surface area contributed by atoms with E-state index in [0.29, 0.717) is 5.69 Å². The second-order valence-corrected chi connectivity index (χ2v) is 4.96. The summed E-state index contributed by atoms with van der Waals surface area (Å²) in [6.07, 6.45) is 2.09. The quantitative estimate of drug-likeness (QED) is 0.785. The number of nitrogens with one attached hydrogen (secondary N) is 3. The van der Waals surface area contributed by atoms with Crippen LogP contribution in [0.4, 0.5) is 26.2 Å². The van der Waals surface area contributed by atoms with Crippen molar-refractivity contribution in [1.29, 1.82) is 0 Å². The molecule has 0 atom stereocenters. The van der Waals surface area contributed by atoms with Gasteiger partial charge in [0.15, 0.2) is 0 Å². The maximum atomic E-state index is 13.1. The number of benzene rings is 2. The van der Waals surface area contributed by atoms with Gasteiger partial charge in [0.2, 0.25) is 0 Å². The average Bonchev–Trinajstić information content (AvgIpc) is 2.47. The van der Waals surface area contributed by atoms with Gasteiger partial charge in [-0.1, -0.05) is 18.2 Å². The Balaban J connectivity index is 1.73. The summed E-state index contributed by atoms with van der Waals surface area (Å²) < 4.78 is 13.1. The molecule has 2 aromatic carbocycles. The lowest BCUT2D eigenvalue weighted by Crippen LogP contribution is -2.22. The third-order valence-corrected chi connectivity index (χ3v) is 3.41. The summed E-state index contributed by atoms with van der Waals surface area (Å²) in [5, 5.41) is 8.73. The van der Waals surface area contributed by atoms with Crippen LogP contribution in [0.5, 0.6) is 0 Å². The highest BCUT2D eigenvalue weighted by Crippen LogP contribution is 2.30. The van der Waals surface area contributed by atoms with E-state index in [2.05, 4.69) is 22.0 Å². The molecule has 0 fully saturated rings. The van der Waals surface area contributed by atoms with Crippen LogP contribution in [-0.4, -0.2) is 12.6 Å². The van der Waals surface area contributed by atoms with Crippen molar-refractivity contribution in [2.75, 3.05) is 22.5 Å². The fourth-order valence-corrected chi connectivity index (χ4v) is 2.46. The van der Waals surface area contributed by atoms with E-state index in [0.717, 1.165) is 30.8 Å². The largest absolute Gasteiger partial charge is 0.383 e. The highest BCUT2D eigenvalue weighted by atomic mass is 19.1. The number of carbonyl (C=O) groups is 1. The Morgan fingerprint density at radius 2 is 2.00 bits per heavy atom. The van der Waals surface area contributed by atoms with E-state index in [9.17, 15) is 9.18 Å². The van der Waals surface area contributed by atoms with Crippen LogP contribution in [0.15, 0.2) is 42.5 Å². The number of rotatable bonds is 2. The van der Waals surface area contributed by atoms with E-state index in [1.54, 1.807) is 12.1 Å². The molecule has 2 amide bonds. The summed E-state index contributed by atoms with van der Waals surface area (Å²) in [6, 6.07) is 11.2. The van der Waals surface area contributed by atoms with Crippen molar-refractivity contribution in [3.63, 3.8) is 0 Å². The number of aryl methyl sites for hydroxylation is 1. The Morgan fingerprint density at radius 1 is 1.14 bits per heavy atom. The van der Waals surface area contributed by atoms with Crippen LogP contribution in [0.2, 0.25) is 0 Å². The van der Waals surface area contributed by atoms with Gasteiger partial charge in [-0.15, -0.1) is 0 Å². The molecule has 0 aromatic heterocycles. The standard InChI is InChI=1S/C16H16FN3O/c17-12-6-2-7-13(10-12)19-16(21)20-14-8-1-4-11-5-3-9-18-15(11)14/h1-2,4,6-8,10,18H,3,5,9H2,(H2,19,20,21). The van der Waals surface area contributed by atoms with Crippen LogP contribution in [-0.2, 0) is 6.42 Å². The van der Waals surface area contributed by atoms with Crippen LogP contribution in [0.1, 0.15) is 12.0 Å². The number of hydrogen-bond acceptors (Lipinski definition) is 2. The molecule has 0 spiro atoms. The minimum absolute atomic E-state index is 0.383. The average molecular weight is 285 g/mol. The number of carbonyl (C=O) groups excluding carboxylic acids is 1. The Labute approximate surface area is 122 Å². The molecule has 21 heavy (non-hydrogen) atoms. The molecule has 2 aromatic rings. The molecule has 5 heteroatoms. The Bertz CT molecular complexity index is 672. The zero-order valence-corrected chi connectivity index (χ0v) is 11.4. The van der Waals surface area contributed by atoms with E-state index in [-0.39, 0.29) is 11.8 Å². The van der Waals surface area contributed by atoms with Crippen molar-refractivity contribution < 1.29 is 9.18 Å². The lowest BCUT2D eigenvalue weighted by atomic mass is 10.0. The normalized spacial score (nSPS) is 13.0. The molecule has 0 unspecified atom stereocenters. The monoisotopic (exact) mass is 285 g/mol. The zero-order chi connectivity index (χ0) is 14.7. The smallest absolute Gasteiger partial charge is 0.323 e. The van der Waals surface area contributed by atoms with Crippen molar-refractivity contribution in [2.45, 2.75) is 12.8 Å². The van der Waals surface area contributed by atoms with E-state index >= 15 is 0 Å². The molecule has 3 N–H and O–H groups in total. The first-order valence-corrected chi connectivity index (χ1v) is 6.92. The summed E-state index contributed by atoms with van der Waals surface area (Å²) in [6.45, 7) is 0.900. The Kier molecular flexibility index (Phi) is 3.73. The highest BCUT2D eigenvalue weighted by molar-refractivity contribution is 6.02. The van der Waals surface area contributed by atoms with Gasteiger partial charge in [0, 0.05) is 12.2 Å². The first-order chi connectivity index (χ1) is 10.2. The van der Waals surface area contributed by atoms with Crippen molar-refractivity contribution in [2.24, 2.45) is 0 Å². The predicted octanol–water partition coefficient (Wildman–Crippen LogP) is 3.83. The second kappa shape index (κ2) is 5.83. The summed E-state index contributed by atoms with van der Waals surface area (Å²) in [5.74, 6) is -0.383. The summed E-state index contributed by atoms with van der Waals surface area (Å²) >= 11 is 0. The minimum atomic E-state index is -0.388. The zero-order valence-electron chi connectivity index (χ0n) is 11.4. The van der Waals surface area contributed by atoms with E-state index in [1.807, 2.05) is 12.1 Å². The lowest BCUT2D eigenvalue weighted by molar-refractivity contribution is 0.262. The van der Waals surface area contributed by atoms with Gasteiger partial charge >= 0.3 is 6.03 Å². The van der Waals surface area contributed by atoms with Gasteiger partial charge < -0.3 is 16.0 Å². The fraction of sp³-hybridized carbons (Fsp3) is 0.188. The summed E-state index contributed by atoms with van der Waals surface area (Å²) in [5.41, 5.74) is 3.33.